The van der Waals surface area contributed by atoms with Crippen molar-refractivity contribution in [1.82, 2.24) is 78.4 Å². The number of guanidine groups is 1. The third-order valence-corrected chi connectivity index (χ3v) is 24.5. The molecule has 2 saturated heterocycles. The molecular weight excluding hydrogens is 1700 g/mol. The summed E-state index contributed by atoms with van der Waals surface area (Å²) in [5.74, 6) is -10.3. The van der Waals surface area contributed by atoms with Gasteiger partial charge < -0.3 is 101 Å². The molecule has 3 aliphatic heterocycles. The minimum absolute atomic E-state index is 0.00717. The van der Waals surface area contributed by atoms with Crippen LogP contribution in [0.15, 0.2) is 140 Å². The Labute approximate surface area is 770 Å². The van der Waals surface area contributed by atoms with Crippen molar-refractivity contribution >= 4 is 144 Å². The Morgan fingerprint density at radius 3 is 1.83 bits per heavy atom. The van der Waals surface area contributed by atoms with Gasteiger partial charge in [-0.2, -0.15) is 0 Å². The van der Waals surface area contributed by atoms with Crippen LogP contribution in [0.5, 0.6) is 5.75 Å². The fourth-order valence-corrected chi connectivity index (χ4v) is 17.2. The minimum atomic E-state index is -1.85. The van der Waals surface area contributed by atoms with E-state index in [2.05, 4.69) is 104 Å². The maximum Gasteiger partial charge on any atom is 0.303 e. The van der Waals surface area contributed by atoms with Crippen molar-refractivity contribution in [3.63, 3.8) is 0 Å². The summed E-state index contributed by atoms with van der Waals surface area (Å²) in [6, 6.07) is 18.4. The molecule has 1 aliphatic carbocycles. The number of hydrogen-bond donors (Lipinski definition) is 20. The number of carboxylic acid groups (broad SMARTS) is 1. The highest BCUT2D eigenvalue weighted by atomic mass is 16.4. The lowest BCUT2D eigenvalue weighted by Gasteiger charge is -2.28. The molecule has 2 fully saturated rings. The number of ketones is 1. The summed E-state index contributed by atoms with van der Waals surface area (Å²) >= 11 is 0. The lowest BCUT2D eigenvalue weighted by atomic mass is 9.97. The average Bonchev–Trinajstić information content (AvgIpc) is 1.62. The number of nitrogens with two attached hydrogens (primary N) is 3. The molecule has 7 aromatic rings. The highest BCUT2D eigenvalue weighted by molar-refractivity contribution is 6.03. The van der Waals surface area contributed by atoms with E-state index in [1.54, 1.807) is 74.6 Å². The largest absolute Gasteiger partial charge is 0.508 e. The van der Waals surface area contributed by atoms with Crippen molar-refractivity contribution < 1.29 is 77.6 Å². The minimum Gasteiger partial charge on any atom is -0.508 e. The molecule has 4 aromatic heterocycles. The average molecular weight is 1820 g/mol. The number of H-pyrrole nitrogens is 3. The quantitative estimate of drug-likeness (QED) is 0.0124. The van der Waals surface area contributed by atoms with Gasteiger partial charge in [-0.1, -0.05) is 99.8 Å². The number of aliphatic carboxylic acids is 1. The number of hydrogen-bond acceptors (Lipinski definition) is 18. The molecule has 7 heterocycles. The molecule has 0 spiro atoms. The lowest BCUT2D eigenvalue weighted by molar-refractivity contribution is -0.137. The van der Waals surface area contributed by atoms with E-state index in [9.17, 15) is 63.3 Å². The number of aryl methyl sites for hydroxylation is 3. The Morgan fingerprint density at radius 1 is 0.564 bits per heavy atom. The molecule has 8 bridgehead atoms. The van der Waals surface area contributed by atoms with Gasteiger partial charge in [-0.3, -0.25) is 72.6 Å². The maximum absolute atomic E-state index is 15.4. The number of aliphatic hydroxyl groups is 1. The van der Waals surface area contributed by atoms with Crippen LogP contribution in [-0.4, -0.2) is 205 Å². The monoisotopic (exact) mass is 1820 g/mol. The summed E-state index contributed by atoms with van der Waals surface area (Å²) in [6.45, 7) is 18.5. The van der Waals surface area contributed by atoms with Gasteiger partial charge in [-0.05, 0) is 226 Å². The van der Waals surface area contributed by atoms with Gasteiger partial charge in [0, 0.05) is 96.3 Å². The number of unbranched alkanes of at least 4 members (excludes halogenated alkanes) is 1. The van der Waals surface area contributed by atoms with E-state index in [-0.39, 0.29) is 145 Å². The van der Waals surface area contributed by atoms with E-state index < -0.39 is 138 Å². The van der Waals surface area contributed by atoms with Crippen LogP contribution >= 0.6 is 0 Å². The highest BCUT2D eigenvalue weighted by Gasteiger charge is 2.40. The summed E-state index contributed by atoms with van der Waals surface area (Å²) in [6.07, 6.45) is 6.59. The van der Waals surface area contributed by atoms with Gasteiger partial charge in [0.15, 0.2) is 11.7 Å². The highest BCUT2D eigenvalue weighted by Crippen LogP contribution is 2.39. The first-order valence-electron chi connectivity index (χ1n) is 45.0. The molecule has 35 nitrogen and oxygen atoms in total. The second-order valence-corrected chi connectivity index (χ2v) is 34.6. The predicted octanol–water partition coefficient (Wildman–Crippen LogP) is 5.67. The van der Waals surface area contributed by atoms with Crippen LogP contribution in [0.2, 0.25) is 0 Å². The summed E-state index contributed by atoms with van der Waals surface area (Å²) in [4.78, 5) is 202. The fraction of sp³-hybridized carbons (Fsp3) is 0.398. The number of benzene rings is 3. The number of nitrogens with zero attached hydrogens (tertiary/aromatic N) is 2. The smallest absolute Gasteiger partial charge is 0.303 e. The first-order chi connectivity index (χ1) is 63.6. The topological polar surface area (TPSA) is 566 Å². The van der Waals surface area contributed by atoms with E-state index >= 15 is 14.4 Å². The molecule has 4 aliphatic rings. The number of fused-ring (bicyclic) bond motifs is 9. The van der Waals surface area contributed by atoms with Crippen LogP contribution in [-0.2, 0) is 88.0 Å². The number of allylic oxidation sites excluding steroid dienone is 5. The van der Waals surface area contributed by atoms with Gasteiger partial charge in [-0.25, -0.2) is 4.98 Å². The number of aromatic hydroxyl groups is 1. The van der Waals surface area contributed by atoms with E-state index in [4.69, 9.17) is 22.2 Å². The molecule has 23 N–H and O–H groups in total. The number of primary amides is 1. The number of Topliss-reactive ketones (excluding diaryl/α,β-unsaturated/α-hetero) is 1. The normalized spacial score (nSPS) is 16.2. The summed E-state index contributed by atoms with van der Waals surface area (Å²) < 4.78 is 0. The SMILES string of the molecule is C=CC1=C(C)c2cc1cc1[nH]c(cc3nc(cc4[nH]c(c2)c(C=C)c4C)C(C)=C3CCCC(=O)NCCCC[C@H](NC(=O)[C@H](Cc2ccc(O)cc2)NC(=O)[C@H](CO)NC(=O)[C@@H](Cc2c[nH]c3ccccc23)NC(=O)[C@@H](Cc2ccccc2)NC(=O)C2CCC(=O)N2)C(=O)N[C@@H](CC(C)C)C(=O)N[C@@H](CCCN=C(N)N)C(=O)C2CC[C@@H](C(=O)NCC(N)=O)N2)c(CCC(=O)O)c1C. The zero-order chi connectivity index (χ0) is 95.9. The Hall–Kier alpha value is -14.3. The standard InChI is InChI=1S/C98H121N19O16/c1-9-63-53(5)59-43-60(63)45-74-56(8)66(32-37-88(123)124)79(107-74)48-78-65(55(7)76(109-78)47-75-54(6)64(10-2)77(44-59)108-75)23-18-27-86(121)102-38-17-16-25-71(91(127)113-80(40-52(3)4)93(129)111-69(26-19-39-103-98(100)101)89(125)70-33-34-72(106-70)90(126)105-50-85(99)120)112-94(130)82(42-58-28-30-62(119)31-29-58)115-97(133)84(51-118)117-96(132)83(46-61-49-104-68-24-15-14-22-67(61)68)116-95(131)81(41-57-20-12-11-13-21-57)114-92(128)73-35-36-87(122)110-73/h9-15,20-22,24,28-31,43-45,47-49,52,69-73,80-84,104,106-108,118-119H,1-2,16-19,23,25-27,32-42,46,50-51H2,3-8H3,(H2,99,120)(H,102,121)(H,105,126)(H,110,122)(H,111,129)(H,112,130)(H,113,127)(H,114,128)(H,115,133)(H,116,131)(H,117,132)(H,123,124)(H4,100,101,103)/t69-,70?,71-,72-,73?,80-,81+,82-,83+,84-/m0/s1. The van der Waals surface area contributed by atoms with Gasteiger partial charge >= 0.3 is 5.97 Å². The van der Waals surface area contributed by atoms with E-state index in [0.29, 0.717) is 57.3 Å². The van der Waals surface area contributed by atoms with Gasteiger partial charge in [0.1, 0.15) is 48.0 Å². The van der Waals surface area contributed by atoms with Gasteiger partial charge in [0.05, 0.1) is 42.7 Å². The Balaban J connectivity index is 0.846. The van der Waals surface area contributed by atoms with Crippen LogP contribution in [0.25, 0.3) is 61.3 Å². The number of aliphatic imine (C=N–C) groups is 1. The lowest BCUT2D eigenvalue weighted by Crippen LogP contribution is -2.61. The zero-order valence-corrected chi connectivity index (χ0v) is 75.7. The summed E-state index contributed by atoms with van der Waals surface area (Å²) in [5, 5.41) is 62.5. The van der Waals surface area contributed by atoms with Crippen LogP contribution < -0.4 is 75.7 Å². The Kier molecular flexibility index (Phi) is 34.7. The fourth-order valence-electron chi connectivity index (χ4n) is 17.2. The third kappa shape index (κ3) is 26.7. The number of aromatic amines is 3. The van der Waals surface area contributed by atoms with Crippen LogP contribution in [0.1, 0.15) is 179 Å². The third-order valence-electron chi connectivity index (χ3n) is 24.5. The number of carbonyl (C=O) groups excluding carboxylic acids is 12. The Bertz CT molecular complexity index is 5840. The molecule has 0 radical (unpaired) electrons. The second kappa shape index (κ2) is 46.4. The molecule has 3 aromatic carbocycles. The molecule has 133 heavy (non-hydrogen) atoms. The van der Waals surface area contributed by atoms with Crippen molar-refractivity contribution in [3.05, 3.63) is 196 Å². The van der Waals surface area contributed by atoms with Crippen molar-refractivity contribution in [1.29, 1.82) is 0 Å². The molecular formula is C98H121N19O16. The van der Waals surface area contributed by atoms with E-state index in [1.165, 1.54) is 24.3 Å². The molecule has 704 valence electrons. The first-order valence-corrected chi connectivity index (χ1v) is 45.0. The van der Waals surface area contributed by atoms with Gasteiger partial charge in [0.25, 0.3) is 0 Å². The maximum atomic E-state index is 15.4. The van der Waals surface area contributed by atoms with Crippen molar-refractivity contribution in [2.75, 3.05) is 26.2 Å². The number of phenolic OH excluding ortho intramolecular Hbond substituents is 1. The van der Waals surface area contributed by atoms with Gasteiger partial charge in [-0.15, -0.1) is 0 Å². The molecule has 0 saturated carbocycles. The van der Waals surface area contributed by atoms with Crippen LogP contribution in [0.3, 0.4) is 0 Å². The van der Waals surface area contributed by atoms with Gasteiger partial charge in [0.2, 0.25) is 65.0 Å². The Morgan fingerprint density at radius 2 is 1.17 bits per heavy atom. The molecule has 10 atom stereocenters. The van der Waals surface area contributed by atoms with E-state index in [0.717, 1.165) is 72.2 Å². The number of carbonyl (C=O) groups is 13. The molecule has 11 amide bonds. The number of amides is 11. The van der Waals surface area contributed by atoms with Crippen molar-refractivity contribution in [2.45, 2.75) is 218 Å². The summed E-state index contributed by atoms with van der Waals surface area (Å²) in [7, 11) is 0. The predicted molar refractivity (Wildman–Crippen MR) is 507 cm³/mol. The molecule has 11 rings (SSSR count). The van der Waals surface area contributed by atoms with Crippen molar-refractivity contribution in [3.8, 4) is 5.75 Å². The number of aliphatic hydroxyl groups excluding tert-OH is 1. The number of aromatic nitrogens is 4. The molecule has 35 heteroatoms. The number of phenols is 1. The van der Waals surface area contributed by atoms with Crippen molar-refractivity contribution in [2.24, 2.45) is 28.1 Å². The van der Waals surface area contributed by atoms with E-state index in [1.807, 2.05) is 58.0 Å². The number of rotatable bonds is 46. The zero-order valence-electron chi connectivity index (χ0n) is 75.7. The number of carboxylic acids is 1. The molecule has 2 unspecified atom stereocenters. The van der Waals surface area contributed by atoms with Crippen LogP contribution in [0.4, 0.5) is 0 Å². The summed E-state index contributed by atoms with van der Waals surface area (Å²) in [5.41, 5.74) is 32.4. The number of para-hydroxylation sites is 1. The van der Waals surface area contributed by atoms with Crippen LogP contribution in [0, 0.1) is 19.8 Å². The number of nitrogens with one attached hydrogen (secondary N) is 14. The first kappa shape index (κ1) is 99.2. The second-order valence-electron chi connectivity index (χ2n) is 34.6.